The first-order valence-electron chi connectivity index (χ1n) is 5.99. The standard InChI is InChI=1S/C15H12BrN3/c16-15-4-2-1-3-14(15)13-7-5-12(6-8-13)9-19-11-17-10-18-19/h1-8,10-11H,9H2. The molecular formula is C15H12BrN3. The quantitative estimate of drug-likeness (QED) is 0.737. The Morgan fingerprint density at radius 2 is 1.79 bits per heavy atom. The van der Waals surface area contributed by atoms with Crippen LogP contribution in [-0.2, 0) is 6.54 Å². The van der Waals surface area contributed by atoms with E-state index in [1.165, 1.54) is 16.7 Å². The summed E-state index contributed by atoms with van der Waals surface area (Å²) in [6, 6.07) is 16.7. The molecule has 0 aliphatic carbocycles. The lowest BCUT2D eigenvalue weighted by atomic mass is 10.0. The van der Waals surface area contributed by atoms with Crippen LogP contribution in [0.4, 0.5) is 0 Å². The summed E-state index contributed by atoms with van der Waals surface area (Å²) in [6.07, 6.45) is 3.27. The lowest BCUT2D eigenvalue weighted by Gasteiger charge is -2.06. The van der Waals surface area contributed by atoms with Crippen molar-refractivity contribution in [2.75, 3.05) is 0 Å². The molecule has 0 radical (unpaired) electrons. The minimum atomic E-state index is 0.746. The molecule has 0 aliphatic heterocycles. The first-order valence-corrected chi connectivity index (χ1v) is 6.78. The van der Waals surface area contributed by atoms with E-state index < -0.39 is 0 Å². The van der Waals surface area contributed by atoms with Crippen molar-refractivity contribution in [3.63, 3.8) is 0 Å². The van der Waals surface area contributed by atoms with E-state index in [0.29, 0.717) is 0 Å². The highest BCUT2D eigenvalue weighted by Crippen LogP contribution is 2.27. The molecule has 1 heterocycles. The number of benzene rings is 2. The summed E-state index contributed by atoms with van der Waals surface area (Å²) in [4.78, 5) is 3.94. The van der Waals surface area contributed by atoms with Crippen LogP contribution >= 0.6 is 15.9 Å². The predicted octanol–water partition coefficient (Wildman–Crippen LogP) is 3.76. The van der Waals surface area contributed by atoms with E-state index >= 15 is 0 Å². The fourth-order valence-electron chi connectivity index (χ4n) is 1.99. The van der Waals surface area contributed by atoms with Crippen LogP contribution in [0.2, 0.25) is 0 Å². The van der Waals surface area contributed by atoms with E-state index in [2.05, 4.69) is 62.4 Å². The molecule has 0 spiro atoms. The Kier molecular flexibility index (Phi) is 3.42. The molecule has 0 aliphatic rings. The first kappa shape index (κ1) is 12.1. The zero-order chi connectivity index (χ0) is 13.1. The summed E-state index contributed by atoms with van der Waals surface area (Å²) in [7, 11) is 0. The third-order valence-corrected chi connectivity index (χ3v) is 3.64. The van der Waals surface area contributed by atoms with E-state index in [1.54, 1.807) is 12.7 Å². The Hall–Kier alpha value is -1.94. The zero-order valence-electron chi connectivity index (χ0n) is 10.2. The van der Waals surface area contributed by atoms with Gasteiger partial charge < -0.3 is 0 Å². The lowest BCUT2D eigenvalue weighted by Crippen LogP contribution is -1.99. The maximum atomic E-state index is 4.10. The molecule has 2 aromatic carbocycles. The Morgan fingerprint density at radius 3 is 2.47 bits per heavy atom. The predicted molar refractivity (Wildman–Crippen MR) is 78.7 cm³/mol. The van der Waals surface area contributed by atoms with E-state index in [0.717, 1.165) is 11.0 Å². The van der Waals surface area contributed by atoms with Crippen molar-refractivity contribution in [3.8, 4) is 11.1 Å². The molecule has 0 atom stereocenters. The van der Waals surface area contributed by atoms with Crippen LogP contribution in [0.3, 0.4) is 0 Å². The van der Waals surface area contributed by atoms with Crippen molar-refractivity contribution in [2.45, 2.75) is 6.54 Å². The number of halogens is 1. The van der Waals surface area contributed by atoms with Crippen molar-refractivity contribution in [2.24, 2.45) is 0 Å². The van der Waals surface area contributed by atoms with Crippen LogP contribution in [0.5, 0.6) is 0 Å². The van der Waals surface area contributed by atoms with Gasteiger partial charge in [0.2, 0.25) is 0 Å². The van der Waals surface area contributed by atoms with Gasteiger partial charge in [-0.2, -0.15) is 5.10 Å². The largest absolute Gasteiger partial charge is 0.249 e. The SMILES string of the molecule is Brc1ccccc1-c1ccc(Cn2cncn2)cc1. The highest BCUT2D eigenvalue weighted by molar-refractivity contribution is 9.10. The minimum Gasteiger partial charge on any atom is -0.249 e. The maximum absolute atomic E-state index is 4.10. The van der Waals surface area contributed by atoms with E-state index in [1.807, 2.05) is 16.8 Å². The number of hydrogen-bond donors (Lipinski definition) is 0. The van der Waals surface area contributed by atoms with E-state index in [-0.39, 0.29) is 0 Å². The normalized spacial score (nSPS) is 10.6. The van der Waals surface area contributed by atoms with Crippen molar-refractivity contribution in [1.29, 1.82) is 0 Å². The Bertz CT molecular complexity index is 660. The average molecular weight is 314 g/mol. The molecule has 0 amide bonds. The monoisotopic (exact) mass is 313 g/mol. The molecule has 1 aromatic heterocycles. The third-order valence-electron chi connectivity index (χ3n) is 2.95. The van der Waals surface area contributed by atoms with Gasteiger partial charge in [-0.15, -0.1) is 0 Å². The summed E-state index contributed by atoms with van der Waals surface area (Å²) >= 11 is 3.58. The van der Waals surface area contributed by atoms with Crippen molar-refractivity contribution in [1.82, 2.24) is 14.8 Å². The second-order valence-corrected chi connectivity index (χ2v) is 5.12. The molecule has 0 saturated heterocycles. The fourth-order valence-corrected chi connectivity index (χ4v) is 2.50. The first-order chi connectivity index (χ1) is 9.33. The van der Waals surface area contributed by atoms with Crippen LogP contribution in [0, 0.1) is 0 Å². The van der Waals surface area contributed by atoms with Crippen molar-refractivity contribution >= 4 is 15.9 Å². The molecule has 4 heteroatoms. The highest BCUT2D eigenvalue weighted by Gasteiger charge is 2.02. The number of rotatable bonds is 3. The summed E-state index contributed by atoms with van der Waals surface area (Å²) in [5.74, 6) is 0. The van der Waals surface area contributed by atoms with Crippen LogP contribution < -0.4 is 0 Å². The molecule has 0 N–H and O–H groups in total. The molecule has 94 valence electrons. The average Bonchev–Trinajstić information content (AvgIpc) is 2.93. The van der Waals surface area contributed by atoms with Crippen molar-refractivity contribution < 1.29 is 0 Å². The second-order valence-electron chi connectivity index (χ2n) is 4.27. The van der Waals surface area contributed by atoms with Gasteiger partial charge in [-0.05, 0) is 22.8 Å². The lowest BCUT2D eigenvalue weighted by molar-refractivity contribution is 0.685. The van der Waals surface area contributed by atoms with Gasteiger partial charge in [0.15, 0.2) is 0 Å². The van der Waals surface area contributed by atoms with Crippen LogP contribution in [0.1, 0.15) is 5.56 Å². The summed E-state index contributed by atoms with van der Waals surface area (Å²) in [6.45, 7) is 0.746. The molecule has 3 nitrogen and oxygen atoms in total. The van der Waals surface area contributed by atoms with Crippen LogP contribution in [0.15, 0.2) is 65.7 Å². The summed E-state index contributed by atoms with van der Waals surface area (Å²) in [5, 5.41) is 4.10. The number of aromatic nitrogens is 3. The topological polar surface area (TPSA) is 30.7 Å². The molecule has 0 saturated carbocycles. The zero-order valence-corrected chi connectivity index (χ0v) is 11.8. The van der Waals surface area contributed by atoms with E-state index in [4.69, 9.17) is 0 Å². The molecule has 3 aromatic rings. The summed E-state index contributed by atoms with van der Waals surface area (Å²) < 4.78 is 2.92. The molecule has 0 bridgehead atoms. The van der Waals surface area contributed by atoms with Gasteiger partial charge in [0.25, 0.3) is 0 Å². The molecule has 3 rings (SSSR count). The Balaban J connectivity index is 1.85. The van der Waals surface area contributed by atoms with Gasteiger partial charge in [0.1, 0.15) is 12.7 Å². The molecule has 0 unspecified atom stereocenters. The second kappa shape index (κ2) is 5.36. The van der Waals surface area contributed by atoms with Gasteiger partial charge >= 0.3 is 0 Å². The van der Waals surface area contributed by atoms with Gasteiger partial charge in [0.05, 0.1) is 6.54 Å². The maximum Gasteiger partial charge on any atom is 0.137 e. The smallest absolute Gasteiger partial charge is 0.137 e. The van der Waals surface area contributed by atoms with Gasteiger partial charge in [0, 0.05) is 4.47 Å². The molecular weight excluding hydrogens is 302 g/mol. The number of hydrogen-bond acceptors (Lipinski definition) is 2. The molecule has 19 heavy (non-hydrogen) atoms. The third kappa shape index (κ3) is 2.74. The minimum absolute atomic E-state index is 0.746. The van der Waals surface area contributed by atoms with Gasteiger partial charge in [-0.3, -0.25) is 0 Å². The fraction of sp³-hybridized carbons (Fsp3) is 0.0667. The van der Waals surface area contributed by atoms with Crippen LogP contribution in [-0.4, -0.2) is 14.8 Å². The highest BCUT2D eigenvalue weighted by atomic mass is 79.9. The van der Waals surface area contributed by atoms with Gasteiger partial charge in [-0.1, -0.05) is 58.4 Å². The molecule has 0 fully saturated rings. The Labute approximate surface area is 120 Å². The van der Waals surface area contributed by atoms with Crippen molar-refractivity contribution in [3.05, 3.63) is 71.2 Å². The van der Waals surface area contributed by atoms with Crippen LogP contribution in [0.25, 0.3) is 11.1 Å². The summed E-state index contributed by atoms with van der Waals surface area (Å²) in [5.41, 5.74) is 3.62. The number of nitrogens with zero attached hydrogens (tertiary/aromatic N) is 3. The van der Waals surface area contributed by atoms with Gasteiger partial charge in [-0.25, -0.2) is 9.67 Å². The van der Waals surface area contributed by atoms with E-state index in [9.17, 15) is 0 Å². The Morgan fingerprint density at radius 1 is 1.00 bits per heavy atom.